The highest BCUT2D eigenvalue weighted by Gasteiger charge is 2.36. The summed E-state index contributed by atoms with van der Waals surface area (Å²) in [6.45, 7) is 6.46. The van der Waals surface area contributed by atoms with Crippen LogP contribution in [-0.4, -0.2) is 19.1 Å². The second kappa shape index (κ2) is 4.37. The summed E-state index contributed by atoms with van der Waals surface area (Å²) >= 11 is 0. The quantitative estimate of drug-likeness (QED) is 0.711. The van der Waals surface area contributed by atoms with Crippen LogP contribution in [0.15, 0.2) is 11.5 Å². The van der Waals surface area contributed by atoms with E-state index in [1.54, 1.807) is 0 Å². The first-order valence-electron chi connectivity index (χ1n) is 5.21. The SMILES string of the molecule is CC(C)C1=C(C(C)C)OCC(F)(F)CO1. The van der Waals surface area contributed by atoms with E-state index in [2.05, 4.69) is 0 Å². The van der Waals surface area contributed by atoms with Crippen molar-refractivity contribution in [3.8, 4) is 0 Å². The number of ether oxygens (including phenoxy) is 2. The molecule has 1 heterocycles. The van der Waals surface area contributed by atoms with Crippen molar-refractivity contribution < 1.29 is 18.3 Å². The summed E-state index contributed by atoms with van der Waals surface area (Å²) in [5.41, 5.74) is 0. The van der Waals surface area contributed by atoms with Crippen molar-refractivity contribution in [1.82, 2.24) is 0 Å². The second-order valence-electron chi connectivity index (χ2n) is 4.47. The van der Waals surface area contributed by atoms with E-state index in [0.29, 0.717) is 11.5 Å². The maximum atomic E-state index is 13.1. The Morgan fingerprint density at radius 3 is 1.53 bits per heavy atom. The molecular weight excluding hydrogens is 202 g/mol. The summed E-state index contributed by atoms with van der Waals surface area (Å²) in [6.07, 6.45) is 0. The highest BCUT2D eigenvalue weighted by molar-refractivity contribution is 5.08. The van der Waals surface area contributed by atoms with E-state index in [9.17, 15) is 8.78 Å². The monoisotopic (exact) mass is 220 g/mol. The van der Waals surface area contributed by atoms with Gasteiger partial charge in [-0.1, -0.05) is 27.7 Å². The molecule has 1 rings (SSSR count). The van der Waals surface area contributed by atoms with E-state index < -0.39 is 19.1 Å². The van der Waals surface area contributed by atoms with Gasteiger partial charge in [-0.3, -0.25) is 0 Å². The smallest absolute Gasteiger partial charge is 0.314 e. The Labute approximate surface area is 89.3 Å². The molecule has 0 bridgehead atoms. The summed E-state index contributed by atoms with van der Waals surface area (Å²) < 4.78 is 36.4. The number of halogens is 2. The molecule has 4 heteroatoms. The molecule has 0 atom stereocenters. The van der Waals surface area contributed by atoms with Crippen LogP contribution in [0.3, 0.4) is 0 Å². The highest BCUT2D eigenvalue weighted by atomic mass is 19.3. The Bertz CT molecular complexity index is 233. The molecule has 0 spiro atoms. The maximum Gasteiger partial charge on any atom is 0.314 e. The lowest BCUT2D eigenvalue weighted by Gasteiger charge is -2.17. The third-order valence-corrected chi connectivity index (χ3v) is 2.17. The Morgan fingerprint density at radius 2 is 1.27 bits per heavy atom. The molecule has 0 unspecified atom stereocenters. The summed E-state index contributed by atoms with van der Waals surface area (Å²) in [7, 11) is 0. The molecule has 1 aliphatic heterocycles. The van der Waals surface area contributed by atoms with E-state index in [4.69, 9.17) is 9.47 Å². The topological polar surface area (TPSA) is 18.5 Å². The van der Waals surface area contributed by atoms with Crippen molar-refractivity contribution in [2.24, 2.45) is 11.8 Å². The minimum Gasteiger partial charge on any atom is -0.488 e. The lowest BCUT2D eigenvalue weighted by molar-refractivity contribution is -0.0882. The van der Waals surface area contributed by atoms with Gasteiger partial charge in [-0.15, -0.1) is 0 Å². The van der Waals surface area contributed by atoms with Gasteiger partial charge < -0.3 is 9.47 Å². The van der Waals surface area contributed by atoms with Gasteiger partial charge in [0.25, 0.3) is 0 Å². The van der Waals surface area contributed by atoms with Crippen molar-refractivity contribution in [2.75, 3.05) is 13.2 Å². The normalized spacial score (nSPS) is 21.3. The van der Waals surface area contributed by atoms with Gasteiger partial charge in [-0.05, 0) is 0 Å². The van der Waals surface area contributed by atoms with Crippen LogP contribution >= 0.6 is 0 Å². The molecule has 15 heavy (non-hydrogen) atoms. The molecule has 1 aliphatic rings. The lowest BCUT2D eigenvalue weighted by Crippen LogP contribution is -2.27. The van der Waals surface area contributed by atoms with Gasteiger partial charge in [0.2, 0.25) is 0 Å². The molecule has 0 saturated heterocycles. The standard InChI is InChI=1S/C11H18F2O2/c1-7(2)9-10(8(3)4)15-6-11(12,13)5-14-9/h7-8H,5-6H2,1-4H3. The predicted molar refractivity (Wildman–Crippen MR) is 53.6 cm³/mol. The van der Waals surface area contributed by atoms with Crippen LogP contribution in [0.4, 0.5) is 8.78 Å². The maximum absolute atomic E-state index is 13.1. The highest BCUT2D eigenvalue weighted by Crippen LogP contribution is 2.30. The molecule has 0 aromatic rings. The fourth-order valence-corrected chi connectivity index (χ4v) is 1.45. The van der Waals surface area contributed by atoms with Crippen molar-refractivity contribution >= 4 is 0 Å². The molecule has 0 fully saturated rings. The minimum atomic E-state index is -2.89. The van der Waals surface area contributed by atoms with Crippen LogP contribution in [0, 0.1) is 11.8 Å². The van der Waals surface area contributed by atoms with Gasteiger partial charge in [0.05, 0.1) is 0 Å². The van der Waals surface area contributed by atoms with Crippen LogP contribution in [-0.2, 0) is 9.47 Å². The molecule has 0 aliphatic carbocycles. The van der Waals surface area contributed by atoms with Gasteiger partial charge in [0.15, 0.2) is 13.2 Å². The van der Waals surface area contributed by atoms with Gasteiger partial charge in [-0.25, -0.2) is 0 Å². The molecule has 2 nitrogen and oxygen atoms in total. The number of rotatable bonds is 2. The zero-order valence-electron chi connectivity index (χ0n) is 9.64. The van der Waals surface area contributed by atoms with Crippen molar-refractivity contribution in [1.29, 1.82) is 0 Å². The Hall–Kier alpha value is -0.800. The van der Waals surface area contributed by atoms with Crippen molar-refractivity contribution in [3.63, 3.8) is 0 Å². The number of alkyl halides is 2. The first-order valence-corrected chi connectivity index (χ1v) is 5.21. The summed E-state index contributed by atoms with van der Waals surface area (Å²) in [4.78, 5) is 0. The summed E-state index contributed by atoms with van der Waals surface area (Å²) in [5.74, 6) is -1.64. The third-order valence-electron chi connectivity index (χ3n) is 2.17. The van der Waals surface area contributed by atoms with E-state index in [-0.39, 0.29) is 11.8 Å². The van der Waals surface area contributed by atoms with Gasteiger partial charge >= 0.3 is 5.92 Å². The van der Waals surface area contributed by atoms with Crippen molar-refractivity contribution in [3.05, 3.63) is 11.5 Å². The van der Waals surface area contributed by atoms with E-state index in [0.717, 1.165) is 0 Å². The van der Waals surface area contributed by atoms with E-state index in [1.165, 1.54) is 0 Å². The van der Waals surface area contributed by atoms with Gasteiger partial charge in [-0.2, -0.15) is 8.78 Å². The molecule has 88 valence electrons. The molecule has 0 amide bonds. The minimum absolute atomic E-state index is 0.0660. The second-order valence-corrected chi connectivity index (χ2v) is 4.47. The first kappa shape index (κ1) is 12.3. The van der Waals surface area contributed by atoms with E-state index in [1.807, 2.05) is 27.7 Å². The molecule has 0 aromatic heterocycles. The molecule has 0 aromatic carbocycles. The Balaban J connectivity index is 2.91. The average molecular weight is 220 g/mol. The third kappa shape index (κ3) is 3.08. The zero-order chi connectivity index (χ0) is 11.6. The van der Waals surface area contributed by atoms with Crippen molar-refractivity contribution in [2.45, 2.75) is 33.6 Å². The number of hydrogen-bond acceptors (Lipinski definition) is 2. The molecule has 0 N–H and O–H groups in total. The number of allylic oxidation sites excluding steroid dienone is 2. The number of hydrogen-bond donors (Lipinski definition) is 0. The van der Waals surface area contributed by atoms with Gasteiger partial charge in [0, 0.05) is 11.8 Å². The predicted octanol–water partition coefficient (Wildman–Crippen LogP) is 3.19. The fourth-order valence-electron chi connectivity index (χ4n) is 1.45. The lowest BCUT2D eigenvalue weighted by atomic mass is 10.1. The van der Waals surface area contributed by atoms with Crippen LogP contribution in [0.2, 0.25) is 0 Å². The van der Waals surface area contributed by atoms with E-state index >= 15 is 0 Å². The Kier molecular flexibility index (Phi) is 3.58. The first-order chi connectivity index (χ1) is 6.83. The summed E-state index contributed by atoms with van der Waals surface area (Å²) in [5, 5.41) is 0. The Morgan fingerprint density at radius 1 is 0.933 bits per heavy atom. The van der Waals surface area contributed by atoms with Crippen LogP contribution in [0.25, 0.3) is 0 Å². The largest absolute Gasteiger partial charge is 0.488 e. The summed E-state index contributed by atoms with van der Waals surface area (Å²) in [6, 6.07) is 0. The molecular formula is C11H18F2O2. The zero-order valence-corrected chi connectivity index (χ0v) is 9.64. The van der Waals surface area contributed by atoms with Crippen LogP contribution in [0.1, 0.15) is 27.7 Å². The molecule has 0 saturated carbocycles. The fraction of sp³-hybridized carbons (Fsp3) is 0.818. The molecule has 0 radical (unpaired) electrons. The van der Waals surface area contributed by atoms with Crippen LogP contribution < -0.4 is 0 Å². The van der Waals surface area contributed by atoms with Gasteiger partial charge in [0.1, 0.15) is 11.5 Å². The average Bonchev–Trinajstić information content (AvgIpc) is 2.23. The van der Waals surface area contributed by atoms with Crippen LogP contribution in [0.5, 0.6) is 0 Å².